The van der Waals surface area contributed by atoms with E-state index in [1.165, 1.54) is 6.33 Å². The van der Waals surface area contributed by atoms with Gasteiger partial charge in [-0.25, -0.2) is 14.4 Å². The Morgan fingerprint density at radius 1 is 1.38 bits per heavy atom. The molecule has 84 valence electrons. The lowest BCUT2D eigenvalue weighted by Crippen LogP contribution is -2.25. The van der Waals surface area contributed by atoms with Crippen molar-refractivity contribution < 1.29 is 4.39 Å². The monoisotopic (exact) mass is 221 g/mol. The summed E-state index contributed by atoms with van der Waals surface area (Å²) < 4.78 is 13.5. The summed E-state index contributed by atoms with van der Waals surface area (Å²) in [5.74, 6) is 0.660. The molecule has 0 aromatic carbocycles. The van der Waals surface area contributed by atoms with E-state index in [-0.39, 0.29) is 6.04 Å². The second-order valence-corrected chi connectivity index (χ2v) is 4.05. The predicted octanol–water partition coefficient (Wildman–Crippen LogP) is 1.66. The lowest BCUT2D eigenvalue weighted by Gasteiger charge is -2.15. The van der Waals surface area contributed by atoms with E-state index in [1.54, 1.807) is 6.20 Å². The van der Waals surface area contributed by atoms with Crippen LogP contribution in [0.25, 0.3) is 11.0 Å². The molecule has 0 spiro atoms. The summed E-state index contributed by atoms with van der Waals surface area (Å²) in [5, 5.41) is 10.6. The highest BCUT2D eigenvalue weighted by molar-refractivity contribution is 5.85. The molecule has 2 unspecified atom stereocenters. The second-order valence-electron chi connectivity index (χ2n) is 4.05. The number of fused-ring (bicyclic) bond motifs is 1. The fourth-order valence-electron chi connectivity index (χ4n) is 2.13. The average molecular weight is 221 g/mol. The van der Waals surface area contributed by atoms with Gasteiger partial charge in [0.2, 0.25) is 0 Å². The normalized spacial score (nSPS) is 25.1. The molecule has 16 heavy (non-hydrogen) atoms. The van der Waals surface area contributed by atoms with Gasteiger partial charge >= 0.3 is 0 Å². The Balaban J connectivity index is 1.91. The molecular weight excluding hydrogens is 209 g/mol. The van der Waals surface area contributed by atoms with Gasteiger partial charge in [-0.15, -0.1) is 0 Å². The first-order valence-corrected chi connectivity index (χ1v) is 5.39. The highest BCUT2D eigenvalue weighted by Gasteiger charge is 2.27. The molecule has 0 bridgehead atoms. The van der Waals surface area contributed by atoms with Gasteiger partial charge in [-0.3, -0.25) is 5.10 Å². The number of anilines is 1. The quantitative estimate of drug-likeness (QED) is 0.809. The maximum absolute atomic E-state index is 13.5. The molecule has 2 atom stereocenters. The van der Waals surface area contributed by atoms with Crippen molar-refractivity contribution >= 4 is 16.9 Å². The summed E-state index contributed by atoms with van der Waals surface area (Å²) in [6.45, 7) is 0. The minimum absolute atomic E-state index is 0.131. The number of hydrogen-bond acceptors (Lipinski definition) is 4. The maximum Gasteiger partial charge on any atom is 0.160 e. The van der Waals surface area contributed by atoms with Gasteiger partial charge in [0.05, 0.1) is 17.6 Å². The summed E-state index contributed by atoms with van der Waals surface area (Å²) in [6, 6.07) is -0.131. The van der Waals surface area contributed by atoms with Crippen molar-refractivity contribution in [3.05, 3.63) is 12.5 Å². The number of H-pyrrole nitrogens is 1. The number of alkyl halides is 1. The smallest absolute Gasteiger partial charge is 0.160 e. The van der Waals surface area contributed by atoms with Gasteiger partial charge in [0.25, 0.3) is 0 Å². The lowest BCUT2D eigenvalue weighted by atomic mass is 10.2. The third kappa shape index (κ3) is 1.50. The molecule has 2 aromatic heterocycles. The predicted molar refractivity (Wildman–Crippen MR) is 57.8 cm³/mol. The van der Waals surface area contributed by atoms with Gasteiger partial charge in [-0.1, -0.05) is 0 Å². The zero-order chi connectivity index (χ0) is 11.0. The van der Waals surface area contributed by atoms with Gasteiger partial charge < -0.3 is 5.32 Å². The van der Waals surface area contributed by atoms with Crippen LogP contribution >= 0.6 is 0 Å². The molecule has 1 fully saturated rings. The molecule has 2 N–H and O–H groups in total. The summed E-state index contributed by atoms with van der Waals surface area (Å²) in [5.41, 5.74) is 0.672. The number of nitrogens with one attached hydrogen (secondary N) is 2. The molecule has 1 aliphatic rings. The number of halogens is 1. The Morgan fingerprint density at radius 2 is 2.31 bits per heavy atom. The van der Waals surface area contributed by atoms with E-state index in [9.17, 15) is 4.39 Å². The van der Waals surface area contributed by atoms with Crippen LogP contribution in [0.5, 0.6) is 0 Å². The van der Waals surface area contributed by atoms with Crippen LogP contribution in [0, 0.1) is 0 Å². The van der Waals surface area contributed by atoms with Gasteiger partial charge in [-0.2, -0.15) is 5.10 Å². The number of rotatable bonds is 2. The van der Waals surface area contributed by atoms with Crippen LogP contribution in [0.1, 0.15) is 19.3 Å². The molecule has 0 aliphatic heterocycles. The largest absolute Gasteiger partial charge is 0.364 e. The van der Waals surface area contributed by atoms with Crippen LogP contribution < -0.4 is 5.32 Å². The highest BCUT2D eigenvalue weighted by Crippen LogP contribution is 2.26. The fraction of sp³-hybridized carbons (Fsp3) is 0.500. The van der Waals surface area contributed by atoms with Crippen molar-refractivity contribution in [2.45, 2.75) is 31.5 Å². The molecule has 0 radical (unpaired) electrons. The zero-order valence-electron chi connectivity index (χ0n) is 8.65. The van der Waals surface area contributed by atoms with Crippen molar-refractivity contribution in [2.24, 2.45) is 0 Å². The molecule has 3 rings (SSSR count). The van der Waals surface area contributed by atoms with Crippen molar-refractivity contribution in [3.63, 3.8) is 0 Å². The molecule has 0 saturated heterocycles. The molecule has 1 aliphatic carbocycles. The summed E-state index contributed by atoms with van der Waals surface area (Å²) in [7, 11) is 0. The third-order valence-corrected chi connectivity index (χ3v) is 3.00. The molecule has 2 heterocycles. The summed E-state index contributed by atoms with van der Waals surface area (Å²) in [6.07, 6.45) is 4.74. The van der Waals surface area contributed by atoms with Crippen LogP contribution in [0.2, 0.25) is 0 Å². The average Bonchev–Trinajstić information content (AvgIpc) is 2.89. The van der Waals surface area contributed by atoms with E-state index in [4.69, 9.17) is 0 Å². The molecule has 5 nitrogen and oxygen atoms in total. The van der Waals surface area contributed by atoms with Crippen molar-refractivity contribution in [1.29, 1.82) is 0 Å². The molecule has 6 heteroatoms. The van der Waals surface area contributed by atoms with Crippen LogP contribution in [0.15, 0.2) is 12.5 Å². The number of aromatic nitrogens is 4. The van der Waals surface area contributed by atoms with Crippen molar-refractivity contribution in [3.8, 4) is 0 Å². The zero-order valence-corrected chi connectivity index (χ0v) is 8.65. The number of hydrogen-bond donors (Lipinski definition) is 2. The Morgan fingerprint density at radius 3 is 3.12 bits per heavy atom. The minimum atomic E-state index is -0.781. The Kier molecular flexibility index (Phi) is 2.19. The SMILES string of the molecule is FC1CCCC1Nc1ncnc2[nH]ncc12. The molecule has 0 amide bonds. The van der Waals surface area contributed by atoms with Gasteiger partial charge in [0, 0.05) is 0 Å². The van der Waals surface area contributed by atoms with Crippen LogP contribution in [0.4, 0.5) is 10.2 Å². The van der Waals surface area contributed by atoms with Gasteiger partial charge in [0.15, 0.2) is 5.65 Å². The first-order chi connectivity index (χ1) is 7.84. The van der Waals surface area contributed by atoms with Crippen molar-refractivity contribution in [2.75, 3.05) is 5.32 Å². The van der Waals surface area contributed by atoms with E-state index in [1.807, 2.05) is 0 Å². The summed E-state index contributed by atoms with van der Waals surface area (Å²) in [4.78, 5) is 8.16. The van der Waals surface area contributed by atoms with Crippen molar-refractivity contribution in [1.82, 2.24) is 20.2 Å². The standard InChI is InChI=1S/C10H12FN5/c11-7-2-1-3-8(7)15-9-6-4-14-16-10(6)13-5-12-9/h4-5,7-8H,1-3H2,(H2,12,13,14,15,16). The van der Waals surface area contributed by atoms with Crippen LogP contribution in [-0.2, 0) is 0 Å². The highest BCUT2D eigenvalue weighted by atomic mass is 19.1. The minimum Gasteiger partial charge on any atom is -0.364 e. The van der Waals surface area contributed by atoms with E-state index >= 15 is 0 Å². The van der Waals surface area contributed by atoms with E-state index in [0.29, 0.717) is 17.9 Å². The molecular formula is C10H12FN5. The van der Waals surface area contributed by atoms with E-state index in [0.717, 1.165) is 18.2 Å². The fourth-order valence-corrected chi connectivity index (χ4v) is 2.13. The summed E-state index contributed by atoms with van der Waals surface area (Å²) >= 11 is 0. The Hall–Kier alpha value is -1.72. The van der Waals surface area contributed by atoms with E-state index in [2.05, 4.69) is 25.5 Å². The lowest BCUT2D eigenvalue weighted by molar-refractivity contribution is 0.323. The maximum atomic E-state index is 13.5. The van der Waals surface area contributed by atoms with Gasteiger partial charge in [0.1, 0.15) is 18.3 Å². The van der Waals surface area contributed by atoms with Crippen LogP contribution in [-0.4, -0.2) is 32.4 Å². The number of nitrogens with zero attached hydrogens (tertiary/aromatic N) is 3. The first-order valence-electron chi connectivity index (χ1n) is 5.39. The third-order valence-electron chi connectivity index (χ3n) is 3.00. The van der Waals surface area contributed by atoms with Crippen LogP contribution in [0.3, 0.4) is 0 Å². The Bertz CT molecular complexity index is 497. The van der Waals surface area contributed by atoms with E-state index < -0.39 is 6.17 Å². The number of aromatic amines is 1. The van der Waals surface area contributed by atoms with Gasteiger partial charge in [-0.05, 0) is 19.3 Å². The molecule has 2 aromatic rings. The second kappa shape index (κ2) is 3.70. The topological polar surface area (TPSA) is 66.5 Å². The molecule has 1 saturated carbocycles. The first kappa shape index (κ1) is 9.50. The Labute approximate surface area is 91.5 Å².